The van der Waals surface area contributed by atoms with Crippen molar-refractivity contribution in [1.29, 1.82) is 0 Å². The molecule has 2 aromatic heterocycles. The van der Waals surface area contributed by atoms with Crippen LogP contribution in [-0.4, -0.2) is 65.4 Å². The van der Waals surface area contributed by atoms with Crippen molar-refractivity contribution >= 4 is 40.4 Å². The molecule has 9 nitrogen and oxygen atoms in total. The van der Waals surface area contributed by atoms with E-state index in [9.17, 15) is 14.4 Å². The molecule has 3 amide bonds. The second-order valence-corrected chi connectivity index (χ2v) is 8.41. The highest BCUT2D eigenvalue weighted by atomic mass is 32.1. The van der Waals surface area contributed by atoms with Crippen LogP contribution in [0.5, 0.6) is 0 Å². The van der Waals surface area contributed by atoms with E-state index in [4.69, 9.17) is 4.52 Å². The van der Waals surface area contributed by atoms with Crippen molar-refractivity contribution in [3.8, 4) is 0 Å². The highest BCUT2D eigenvalue weighted by Gasteiger charge is 2.25. The van der Waals surface area contributed by atoms with Crippen LogP contribution in [0.2, 0.25) is 0 Å². The standard InChI is InChI=1S/C22H23N5O4S/c1-15-13-18(31-25-15)22(30)27-10-8-26(9-11-27)14-20(28)23-16-4-6-17(7-5-16)24-21(29)19-3-2-12-32-19/h2-7,12-13H,8-11,14H2,1H3,(H,23,28)(H,24,29). The predicted octanol–water partition coefficient (Wildman–Crippen LogP) is 2.69. The number of thiophene rings is 1. The first-order valence-electron chi connectivity index (χ1n) is 10.2. The van der Waals surface area contributed by atoms with Gasteiger partial charge in [-0.1, -0.05) is 11.2 Å². The SMILES string of the molecule is Cc1cc(C(=O)N2CCN(CC(=O)Nc3ccc(NC(=O)c4cccs4)cc3)CC2)on1. The molecule has 2 N–H and O–H groups in total. The van der Waals surface area contributed by atoms with Crippen LogP contribution in [0.1, 0.15) is 25.9 Å². The molecule has 0 bridgehead atoms. The summed E-state index contributed by atoms with van der Waals surface area (Å²) in [5.41, 5.74) is 1.98. The summed E-state index contributed by atoms with van der Waals surface area (Å²) in [6.45, 7) is 4.24. The molecule has 10 heteroatoms. The van der Waals surface area contributed by atoms with E-state index < -0.39 is 0 Å². The zero-order valence-electron chi connectivity index (χ0n) is 17.5. The number of carbonyl (C=O) groups excluding carboxylic acids is 3. The van der Waals surface area contributed by atoms with Gasteiger partial charge in [0.2, 0.25) is 11.7 Å². The van der Waals surface area contributed by atoms with Crippen molar-refractivity contribution in [2.24, 2.45) is 0 Å². The van der Waals surface area contributed by atoms with E-state index in [1.165, 1.54) is 11.3 Å². The Balaban J connectivity index is 1.22. The average molecular weight is 454 g/mol. The van der Waals surface area contributed by atoms with Gasteiger partial charge in [0.05, 0.1) is 17.1 Å². The molecule has 1 aliphatic heterocycles. The van der Waals surface area contributed by atoms with Crippen LogP contribution in [0.25, 0.3) is 0 Å². The number of piperazine rings is 1. The fourth-order valence-corrected chi connectivity index (χ4v) is 3.99. The molecule has 0 spiro atoms. The average Bonchev–Trinajstić information content (AvgIpc) is 3.47. The maximum Gasteiger partial charge on any atom is 0.292 e. The third-order valence-corrected chi connectivity index (χ3v) is 5.91. The van der Waals surface area contributed by atoms with Gasteiger partial charge in [0.15, 0.2) is 0 Å². The maximum atomic E-state index is 12.4. The monoisotopic (exact) mass is 453 g/mol. The first-order valence-corrected chi connectivity index (χ1v) is 11.1. The number of aryl methyl sites for hydroxylation is 1. The maximum absolute atomic E-state index is 12.4. The summed E-state index contributed by atoms with van der Waals surface area (Å²) in [6.07, 6.45) is 0. The van der Waals surface area contributed by atoms with E-state index in [0.29, 0.717) is 48.1 Å². The second kappa shape index (κ2) is 9.75. The largest absolute Gasteiger partial charge is 0.351 e. The second-order valence-electron chi connectivity index (χ2n) is 7.46. The quantitative estimate of drug-likeness (QED) is 0.594. The molecule has 0 unspecified atom stereocenters. The van der Waals surface area contributed by atoms with E-state index >= 15 is 0 Å². The number of anilines is 2. The molecule has 1 fully saturated rings. The van der Waals surface area contributed by atoms with Crippen molar-refractivity contribution < 1.29 is 18.9 Å². The van der Waals surface area contributed by atoms with Gasteiger partial charge in [-0.05, 0) is 42.6 Å². The molecule has 4 rings (SSSR count). The minimum atomic E-state index is -0.180. The summed E-state index contributed by atoms with van der Waals surface area (Å²) in [5, 5.41) is 11.3. The lowest BCUT2D eigenvalue weighted by Gasteiger charge is -2.33. The molecule has 166 valence electrons. The first-order chi connectivity index (χ1) is 15.5. The van der Waals surface area contributed by atoms with Gasteiger partial charge in [-0.25, -0.2) is 0 Å². The van der Waals surface area contributed by atoms with Crippen LogP contribution >= 0.6 is 11.3 Å². The lowest BCUT2D eigenvalue weighted by molar-refractivity contribution is -0.117. The third kappa shape index (κ3) is 5.40. The summed E-state index contributed by atoms with van der Waals surface area (Å²) in [5.74, 6) is -0.233. The minimum absolute atomic E-state index is 0.133. The van der Waals surface area contributed by atoms with Gasteiger partial charge in [-0.2, -0.15) is 0 Å². The topological polar surface area (TPSA) is 108 Å². The van der Waals surface area contributed by atoms with E-state index in [1.807, 2.05) is 16.3 Å². The van der Waals surface area contributed by atoms with Crippen molar-refractivity contribution in [1.82, 2.24) is 15.0 Å². The molecule has 0 aliphatic carbocycles. The number of benzene rings is 1. The van der Waals surface area contributed by atoms with E-state index in [1.54, 1.807) is 48.2 Å². The summed E-state index contributed by atoms with van der Waals surface area (Å²) in [6, 6.07) is 12.2. The number of hydrogen-bond acceptors (Lipinski definition) is 7. The van der Waals surface area contributed by atoms with Crippen LogP contribution in [0.3, 0.4) is 0 Å². The number of hydrogen-bond donors (Lipinski definition) is 2. The Morgan fingerprint density at radius 1 is 1.03 bits per heavy atom. The Hall–Kier alpha value is -3.50. The molecule has 1 saturated heterocycles. The number of nitrogens with one attached hydrogen (secondary N) is 2. The van der Waals surface area contributed by atoms with E-state index in [2.05, 4.69) is 15.8 Å². The van der Waals surface area contributed by atoms with Crippen molar-refractivity contribution in [2.45, 2.75) is 6.92 Å². The normalized spacial score (nSPS) is 14.2. The number of rotatable bonds is 6. The van der Waals surface area contributed by atoms with E-state index in [0.717, 1.165) is 0 Å². The lowest BCUT2D eigenvalue weighted by Crippen LogP contribution is -2.50. The fraction of sp³-hybridized carbons (Fsp3) is 0.273. The molecular weight excluding hydrogens is 430 g/mol. The number of amides is 3. The van der Waals surface area contributed by atoms with Crippen molar-refractivity contribution in [3.63, 3.8) is 0 Å². The van der Waals surface area contributed by atoms with E-state index in [-0.39, 0.29) is 30.0 Å². The zero-order chi connectivity index (χ0) is 22.5. The van der Waals surface area contributed by atoms with Crippen LogP contribution in [0.4, 0.5) is 11.4 Å². The highest BCUT2D eigenvalue weighted by Crippen LogP contribution is 2.17. The highest BCUT2D eigenvalue weighted by molar-refractivity contribution is 7.12. The van der Waals surface area contributed by atoms with Crippen LogP contribution in [-0.2, 0) is 4.79 Å². The first kappa shape index (κ1) is 21.7. The minimum Gasteiger partial charge on any atom is -0.351 e. The summed E-state index contributed by atoms with van der Waals surface area (Å²) < 4.78 is 5.04. The van der Waals surface area contributed by atoms with Crippen molar-refractivity contribution in [3.05, 3.63) is 64.2 Å². The predicted molar refractivity (Wildman–Crippen MR) is 121 cm³/mol. The van der Waals surface area contributed by atoms with Crippen LogP contribution < -0.4 is 10.6 Å². The fourth-order valence-electron chi connectivity index (χ4n) is 3.37. The van der Waals surface area contributed by atoms with Gasteiger partial charge in [0.1, 0.15) is 0 Å². The molecule has 1 aromatic carbocycles. The Morgan fingerprint density at radius 3 is 2.31 bits per heavy atom. The van der Waals surface area contributed by atoms with Gasteiger partial charge in [0.25, 0.3) is 11.8 Å². The molecule has 0 radical (unpaired) electrons. The summed E-state index contributed by atoms with van der Waals surface area (Å²) >= 11 is 1.38. The Kier molecular flexibility index (Phi) is 6.62. The molecular formula is C22H23N5O4S. The smallest absolute Gasteiger partial charge is 0.292 e. The molecule has 0 atom stereocenters. The number of carbonyl (C=O) groups is 3. The van der Waals surface area contributed by atoms with Crippen molar-refractivity contribution in [2.75, 3.05) is 43.4 Å². The number of aromatic nitrogens is 1. The zero-order valence-corrected chi connectivity index (χ0v) is 18.4. The van der Waals surface area contributed by atoms with Crippen LogP contribution in [0, 0.1) is 6.92 Å². The summed E-state index contributed by atoms with van der Waals surface area (Å²) in [7, 11) is 0. The molecule has 0 saturated carbocycles. The molecule has 1 aliphatic rings. The van der Waals surface area contributed by atoms with Gasteiger partial charge >= 0.3 is 0 Å². The van der Waals surface area contributed by atoms with Gasteiger partial charge in [0, 0.05) is 43.6 Å². The molecule has 3 aromatic rings. The Morgan fingerprint density at radius 2 is 1.72 bits per heavy atom. The van der Waals surface area contributed by atoms with Gasteiger partial charge in [-0.3, -0.25) is 19.3 Å². The van der Waals surface area contributed by atoms with Crippen LogP contribution in [0.15, 0.2) is 52.4 Å². The lowest BCUT2D eigenvalue weighted by atomic mass is 10.2. The third-order valence-electron chi connectivity index (χ3n) is 5.04. The Labute approximate surface area is 189 Å². The van der Waals surface area contributed by atoms with Gasteiger partial charge in [-0.15, -0.1) is 11.3 Å². The molecule has 3 heterocycles. The summed E-state index contributed by atoms with van der Waals surface area (Å²) in [4.78, 5) is 41.3. The van der Waals surface area contributed by atoms with Gasteiger partial charge < -0.3 is 20.1 Å². The molecule has 32 heavy (non-hydrogen) atoms. The Bertz CT molecular complexity index is 1090. The number of nitrogens with zero attached hydrogens (tertiary/aromatic N) is 3.